The van der Waals surface area contributed by atoms with E-state index < -0.39 is 0 Å². The van der Waals surface area contributed by atoms with E-state index >= 15 is 0 Å². The Kier molecular flexibility index (Phi) is 8.94. The maximum absolute atomic E-state index is 12.3. The fourth-order valence-electron chi connectivity index (χ4n) is 4.39. The molecule has 0 spiro atoms. The van der Waals surface area contributed by atoms with Gasteiger partial charge in [0.1, 0.15) is 5.78 Å². The number of likely N-dealkylation sites (tertiary alicyclic amines) is 2. The summed E-state index contributed by atoms with van der Waals surface area (Å²) in [6, 6.07) is 0.617. The summed E-state index contributed by atoms with van der Waals surface area (Å²) < 4.78 is 0. The van der Waals surface area contributed by atoms with E-state index in [1.54, 1.807) is 0 Å². The summed E-state index contributed by atoms with van der Waals surface area (Å²) in [7, 11) is 0. The van der Waals surface area contributed by atoms with E-state index in [-0.39, 0.29) is 0 Å². The molecule has 25 heavy (non-hydrogen) atoms. The van der Waals surface area contributed by atoms with Crippen LogP contribution in [0.1, 0.15) is 84.5 Å². The molecule has 2 rings (SSSR count). The second-order valence-corrected chi connectivity index (χ2v) is 7.91. The number of ketones is 1. The van der Waals surface area contributed by atoms with E-state index in [0.717, 1.165) is 64.7 Å². The molecule has 0 unspecified atom stereocenters. The highest BCUT2D eigenvalue weighted by atomic mass is 16.2. The molecule has 0 N–H and O–H groups in total. The lowest BCUT2D eigenvalue weighted by atomic mass is 9.89. The Balaban J connectivity index is 1.63. The first-order valence-electron chi connectivity index (χ1n) is 10.7. The number of carbonyl (C=O) groups excluding carboxylic acids is 2. The van der Waals surface area contributed by atoms with Gasteiger partial charge in [0, 0.05) is 37.9 Å². The summed E-state index contributed by atoms with van der Waals surface area (Å²) in [4.78, 5) is 28.9. The number of hydrogen-bond acceptors (Lipinski definition) is 3. The van der Waals surface area contributed by atoms with Crippen molar-refractivity contribution in [1.29, 1.82) is 0 Å². The van der Waals surface area contributed by atoms with Gasteiger partial charge >= 0.3 is 0 Å². The third kappa shape index (κ3) is 6.40. The van der Waals surface area contributed by atoms with E-state index in [9.17, 15) is 9.59 Å². The number of nitrogens with zero attached hydrogens (tertiary/aromatic N) is 2. The fraction of sp³-hybridized carbons (Fsp3) is 0.905. The van der Waals surface area contributed by atoms with Crippen molar-refractivity contribution < 1.29 is 9.59 Å². The molecule has 0 aliphatic carbocycles. The quantitative estimate of drug-likeness (QED) is 0.590. The number of carbonyl (C=O) groups is 2. The van der Waals surface area contributed by atoms with Crippen LogP contribution in [0.2, 0.25) is 0 Å². The van der Waals surface area contributed by atoms with Gasteiger partial charge in [0.2, 0.25) is 5.91 Å². The Hall–Kier alpha value is -0.900. The normalized spacial score (nSPS) is 20.8. The van der Waals surface area contributed by atoms with Gasteiger partial charge in [-0.25, -0.2) is 0 Å². The molecular weight excluding hydrogens is 312 g/mol. The van der Waals surface area contributed by atoms with Crippen molar-refractivity contribution in [3.05, 3.63) is 0 Å². The molecule has 2 saturated heterocycles. The molecule has 0 aromatic heterocycles. The molecular formula is C21H38N2O2. The van der Waals surface area contributed by atoms with Gasteiger partial charge in [0.05, 0.1) is 0 Å². The third-order valence-electron chi connectivity index (χ3n) is 6.16. The Morgan fingerprint density at radius 1 is 0.840 bits per heavy atom. The minimum absolute atomic E-state index is 0.302. The van der Waals surface area contributed by atoms with E-state index in [4.69, 9.17) is 0 Å². The molecule has 144 valence electrons. The first-order valence-corrected chi connectivity index (χ1v) is 10.7. The Morgan fingerprint density at radius 2 is 1.48 bits per heavy atom. The SMILES string of the molecule is CCCCCCCC(=O)N1CCC(N2CCC(C(=O)CC)CC2)CC1. The number of amides is 1. The second kappa shape index (κ2) is 10.9. The molecule has 0 aromatic carbocycles. The second-order valence-electron chi connectivity index (χ2n) is 7.91. The first-order chi connectivity index (χ1) is 12.2. The molecule has 4 nitrogen and oxygen atoms in total. The van der Waals surface area contributed by atoms with Crippen molar-refractivity contribution in [2.24, 2.45) is 5.92 Å². The fourth-order valence-corrected chi connectivity index (χ4v) is 4.39. The number of Topliss-reactive ketones (excluding diaryl/α,β-unsaturated/α-hetero) is 1. The van der Waals surface area contributed by atoms with Gasteiger partial charge in [-0.3, -0.25) is 9.59 Å². The van der Waals surface area contributed by atoms with Gasteiger partial charge in [0.25, 0.3) is 0 Å². The van der Waals surface area contributed by atoms with Crippen LogP contribution in [0.5, 0.6) is 0 Å². The minimum Gasteiger partial charge on any atom is -0.343 e. The van der Waals surface area contributed by atoms with E-state index in [1.165, 1.54) is 25.7 Å². The number of unbranched alkanes of at least 4 members (excludes halogenated alkanes) is 4. The van der Waals surface area contributed by atoms with Crippen molar-refractivity contribution in [2.75, 3.05) is 26.2 Å². The van der Waals surface area contributed by atoms with Crippen molar-refractivity contribution in [2.45, 2.75) is 90.5 Å². The maximum atomic E-state index is 12.3. The van der Waals surface area contributed by atoms with Crippen molar-refractivity contribution in [1.82, 2.24) is 9.80 Å². The predicted molar refractivity (Wildman–Crippen MR) is 103 cm³/mol. The minimum atomic E-state index is 0.302. The molecule has 2 fully saturated rings. The predicted octanol–water partition coefficient (Wildman–Crippen LogP) is 4.03. The summed E-state index contributed by atoms with van der Waals surface area (Å²) in [6.07, 6.45) is 11.8. The number of hydrogen-bond donors (Lipinski definition) is 0. The summed E-state index contributed by atoms with van der Waals surface area (Å²) in [5.41, 5.74) is 0. The van der Waals surface area contributed by atoms with Crippen molar-refractivity contribution in [3.8, 4) is 0 Å². The van der Waals surface area contributed by atoms with Crippen LogP contribution in [0.15, 0.2) is 0 Å². The Labute approximate surface area is 154 Å². The van der Waals surface area contributed by atoms with Gasteiger partial charge in [-0.05, 0) is 45.2 Å². The average molecular weight is 351 g/mol. The summed E-state index contributed by atoms with van der Waals surface area (Å²) >= 11 is 0. The molecule has 0 aromatic rings. The van der Waals surface area contributed by atoms with Crippen molar-refractivity contribution >= 4 is 11.7 Å². The molecule has 0 bridgehead atoms. The van der Waals surface area contributed by atoms with E-state index in [1.807, 2.05) is 6.92 Å². The van der Waals surface area contributed by atoms with Crippen LogP contribution in [0.25, 0.3) is 0 Å². The van der Waals surface area contributed by atoms with Gasteiger partial charge in [-0.1, -0.05) is 39.5 Å². The van der Waals surface area contributed by atoms with Crippen LogP contribution >= 0.6 is 0 Å². The summed E-state index contributed by atoms with van der Waals surface area (Å²) in [5.74, 6) is 1.11. The average Bonchev–Trinajstić information content (AvgIpc) is 2.67. The Bertz CT molecular complexity index is 408. The van der Waals surface area contributed by atoms with Crippen molar-refractivity contribution in [3.63, 3.8) is 0 Å². The molecule has 2 aliphatic rings. The van der Waals surface area contributed by atoms with E-state index in [0.29, 0.717) is 30.1 Å². The van der Waals surface area contributed by atoms with Crippen LogP contribution in [0, 0.1) is 5.92 Å². The Morgan fingerprint density at radius 3 is 2.08 bits per heavy atom. The maximum Gasteiger partial charge on any atom is 0.222 e. The number of rotatable bonds is 9. The molecule has 2 heterocycles. The van der Waals surface area contributed by atoms with E-state index in [2.05, 4.69) is 16.7 Å². The van der Waals surface area contributed by atoms with Crippen LogP contribution in [0.3, 0.4) is 0 Å². The van der Waals surface area contributed by atoms with Crippen LogP contribution in [-0.2, 0) is 9.59 Å². The summed E-state index contributed by atoms with van der Waals surface area (Å²) in [6.45, 7) is 8.17. The topological polar surface area (TPSA) is 40.6 Å². The van der Waals surface area contributed by atoms with Crippen LogP contribution < -0.4 is 0 Å². The molecule has 0 radical (unpaired) electrons. The zero-order valence-electron chi connectivity index (χ0n) is 16.5. The first kappa shape index (κ1) is 20.4. The monoisotopic (exact) mass is 350 g/mol. The van der Waals surface area contributed by atoms with Gasteiger partial charge in [0.15, 0.2) is 0 Å². The molecule has 4 heteroatoms. The van der Waals surface area contributed by atoms with Crippen LogP contribution in [-0.4, -0.2) is 53.7 Å². The highest BCUT2D eigenvalue weighted by Gasteiger charge is 2.30. The standard InChI is InChI=1S/C21H38N2O2/c1-3-5-6-7-8-9-21(25)23-16-12-19(13-17-23)22-14-10-18(11-15-22)20(24)4-2/h18-19H,3-17H2,1-2H3. The highest BCUT2D eigenvalue weighted by Crippen LogP contribution is 2.25. The zero-order chi connectivity index (χ0) is 18.1. The van der Waals surface area contributed by atoms with Gasteiger partial charge in [-0.2, -0.15) is 0 Å². The lowest BCUT2D eigenvalue weighted by molar-refractivity contribution is -0.133. The highest BCUT2D eigenvalue weighted by molar-refractivity contribution is 5.80. The molecule has 1 amide bonds. The lowest BCUT2D eigenvalue weighted by Crippen LogP contribution is -2.49. The lowest BCUT2D eigenvalue weighted by Gasteiger charge is -2.41. The van der Waals surface area contributed by atoms with Crippen LogP contribution in [0.4, 0.5) is 0 Å². The summed E-state index contributed by atoms with van der Waals surface area (Å²) in [5, 5.41) is 0. The van der Waals surface area contributed by atoms with Gasteiger partial charge in [-0.15, -0.1) is 0 Å². The smallest absolute Gasteiger partial charge is 0.222 e. The molecule has 0 saturated carbocycles. The van der Waals surface area contributed by atoms with Gasteiger partial charge < -0.3 is 9.80 Å². The number of piperidine rings is 2. The molecule has 0 atom stereocenters. The molecule has 2 aliphatic heterocycles. The third-order valence-corrected chi connectivity index (χ3v) is 6.16. The zero-order valence-corrected chi connectivity index (χ0v) is 16.5. The largest absolute Gasteiger partial charge is 0.343 e.